The van der Waals surface area contributed by atoms with Gasteiger partial charge in [-0.1, -0.05) is 72.8 Å². The van der Waals surface area contributed by atoms with Crippen LogP contribution in [0.3, 0.4) is 0 Å². The fourth-order valence-corrected chi connectivity index (χ4v) is 4.71. The molecule has 2 N–H and O–H groups in total. The topological polar surface area (TPSA) is 84.9 Å². The highest BCUT2D eigenvalue weighted by Crippen LogP contribution is 2.36. The van der Waals surface area contributed by atoms with Gasteiger partial charge in [-0.2, -0.15) is 0 Å². The Bertz CT molecular complexity index is 1430. The third kappa shape index (κ3) is 4.72. The molecule has 1 aliphatic rings. The summed E-state index contributed by atoms with van der Waals surface area (Å²) < 4.78 is 12.2. The third-order valence-corrected chi connectivity index (χ3v) is 7.55. The van der Waals surface area contributed by atoms with Gasteiger partial charge in [0.05, 0.1) is 16.8 Å². The summed E-state index contributed by atoms with van der Waals surface area (Å²) in [5.41, 5.74) is 1.24. The number of hydrogen-bond acceptors (Lipinski definition) is 4. The van der Waals surface area contributed by atoms with Crippen LogP contribution in [-0.2, 0) is 20.5 Å². The van der Waals surface area contributed by atoms with Gasteiger partial charge in [0.1, 0.15) is 6.04 Å². The fraction of sp³-hybridized carbons (Fsp3) is 0.267. The Morgan fingerprint density at radius 3 is 1.86 bits per heavy atom. The van der Waals surface area contributed by atoms with Crippen LogP contribution in [0.4, 0.5) is 0 Å². The molecule has 0 aromatic heterocycles. The van der Waals surface area contributed by atoms with Gasteiger partial charge in [-0.05, 0) is 66.3 Å². The minimum atomic E-state index is -1.09. The predicted octanol–water partition coefficient (Wildman–Crippen LogP) is 4.72. The van der Waals surface area contributed by atoms with Crippen LogP contribution in [-0.4, -0.2) is 41.3 Å². The van der Waals surface area contributed by atoms with E-state index in [1.807, 2.05) is 107 Å². The van der Waals surface area contributed by atoms with Crippen molar-refractivity contribution in [3.63, 3.8) is 0 Å². The molecule has 1 aliphatic heterocycles. The molecule has 4 aromatic rings. The molecular weight excluding hydrogens is 465 g/mol. The van der Waals surface area contributed by atoms with Crippen LogP contribution >= 0.6 is 0 Å². The summed E-state index contributed by atoms with van der Waals surface area (Å²) in [5.74, 6) is -1.50. The first-order valence-electron chi connectivity index (χ1n) is 12.4. The Morgan fingerprint density at radius 2 is 1.35 bits per heavy atom. The number of carboxylic acid groups (broad SMARTS) is 1. The zero-order valence-corrected chi connectivity index (χ0v) is 21.4. The summed E-state index contributed by atoms with van der Waals surface area (Å²) >= 11 is 0. The van der Waals surface area contributed by atoms with Crippen LogP contribution in [0.2, 0.25) is 0 Å². The smallest absolute Gasteiger partial charge is 0.480 e. The minimum Gasteiger partial charge on any atom is -0.480 e. The normalized spacial score (nSPS) is 17.1. The zero-order chi connectivity index (χ0) is 26.4. The largest absolute Gasteiger partial charge is 0.494 e. The van der Waals surface area contributed by atoms with Gasteiger partial charge < -0.3 is 19.7 Å². The molecule has 0 aliphatic carbocycles. The number of fused-ring (bicyclic) bond motifs is 2. The molecule has 1 saturated heterocycles. The second-order valence-electron chi connectivity index (χ2n) is 10.6. The van der Waals surface area contributed by atoms with Crippen molar-refractivity contribution in [1.82, 2.24) is 5.32 Å². The van der Waals surface area contributed by atoms with Gasteiger partial charge >= 0.3 is 13.1 Å². The van der Waals surface area contributed by atoms with Gasteiger partial charge in [0.2, 0.25) is 0 Å². The SMILES string of the molecule is CC1(C)OB(c2ccc(C[C@@H](NC(=O)c3c4ccccc4cc4ccccc34)C(=O)O)cc2)OC1(C)C. The fourth-order valence-electron chi connectivity index (χ4n) is 4.71. The van der Waals surface area contributed by atoms with E-state index in [0.717, 1.165) is 32.6 Å². The monoisotopic (exact) mass is 495 g/mol. The summed E-state index contributed by atoms with van der Waals surface area (Å²) in [7, 11) is -0.492. The van der Waals surface area contributed by atoms with E-state index >= 15 is 0 Å². The van der Waals surface area contributed by atoms with Gasteiger partial charge in [0, 0.05) is 6.42 Å². The first-order chi connectivity index (χ1) is 17.6. The molecule has 37 heavy (non-hydrogen) atoms. The number of carboxylic acids is 1. The number of carbonyl (C=O) groups is 2. The highest BCUT2D eigenvalue weighted by Gasteiger charge is 2.51. The Labute approximate surface area is 216 Å². The minimum absolute atomic E-state index is 0.146. The summed E-state index contributed by atoms with van der Waals surface area (Å²) in [5, 5.41) is 16.1. The van der Waals surface area contributed by atoms with Gasteiger partial charge in [-0.25, -0.2) is 4.79 Å². The number of aliphatic carboxylic acids is 1. The van der Waals surface area contributed by atoms with Crippen molar-refractivity contribution in [2.75, 3.05) is 0 Å². The van der Waals surface area contributed by atoms with E-state index in [-0.39, 0.29) is 6.42 Å². The van der Waals surface area contributed by atoms with E-state index in [9.17, 15) is 14.7 Å². The molecule has 1 amide bonds. The van der Waals surface area contributed by atoms with Crippen LogP contribution in [0.15, 0.2) is 78.9 Å². The summed E-state index contributed by atoms with van der Waals surface area (Å²) in [6.07, 6.45) is 0.146. The molecule has 4 aromatic carbocycles. The summed E-state index contributed by atoms with van der Waals surface area (Å²) in [6, 6.07) is 23.7. The van der Waals surface area contributed by atoms with Crippen LogP contribution in [0.25, 0.3) is 21.5 Å². The van der Waals surface area contributed by atoms with Crippen LogP contribution < -0.4 is 10.8 Å². The number of hydrogen-bond donors (Lipinski definition) is 2. The lowest BCUT2D eigenvalue weighted by Crippen LogP contribution is -2.42. The molecule has 188 valence electrons. The molecular formula is C30H30BNO5. The van der Waals surface area contributed by atoms with Crippen LogP contribution in [0.5, 0.6) is 0 Å². The van der Waals surface area contributed by atoms with Crippen molar-refractivity contribution in [2.24, 2.45) is 0 Å². The zero-order valence-electron chi connectivity index (χ0n) is 21.4. The Morgan fingerprint density at radius 1 is 0.838 bits per heavy atom. The maximum atomic E-state index is 13.5. The van der Waals surface area contributed by atoms with E-state index < -0.39 is 36.2 Å². The van der Waals surface area contributed by atoms with Crippen molar-refractivity contribution in [3.8, 4) is 0 Å². The molecule has 7 heteroatoms. The molecule has 0 radical (unpaired) electrons. The highest BCUT2D eigenvalue weighted by molar-refractivity contribution is 6.62. The Hall–Kier alpha value is -3.68. The molecule has 1 fully saturated rings. The molecule has 1 heterocycles. The second kappa shape index (κ2) is 9.32. The average molecular weight is 495 g/mol. The number of rotatable bonds is 6. The average Bonchev–Trinajstić information content (AvgIpc) is 3.08. The lowest BCUT2D eigenvalue weighted by Gasteiger charge is -2.32. The van der Waals surface area contributed by atoms with E-state index in [1.54, 1.807) is 0 Å². The van der Waals surface area contributed by atoms with Crippen molar-refractivity contribution in [1.29, 1.82) is 0 Å². The lowest BCUT2D eigenvalue weighted by atomic mass is 9.78. The summed E-state index contributed by atoms with van der Waals surface area (Å²) in [4.78, 5) is 25.7. The second-order valence-corrected chi connectivity index (χ2v) is 10.6. The van der Waals surface area contributed by atoms with Crippen LogP contribution in [0, 0.1) is 0 Å². The van der Waals surface area contributed by atoms with Gasteiger partial charge in [-0.3, -0.25) is 4.79 Å². The standard InChI is InChI=1S/C30H30BNO5/c1-29(2)30(3,4)37-31(36-29)22-15-13-19(14-16-22)17-25(28(34)35)32-27(33)26-23-11-7-5-9-20(23)18-21-10-6-8-12-24(21)26/h5-16,18,25H,17H2,1-4H3,(H,32,33)(H,34,35)/t25-/m1/s1. The van der Waals surface area contributed by atoms with Crippen molar-refractivity contribution in [2.45, 2.75) is 51.4 Å². The van der Waals surface area contributed by atoms with Crippen molar-refractivity contribution < 1.29 is 24.0 Å². The molecule has 1 atom stereocenters. The first kappa shape index (κ1) is 25.0. The van der Waals surface area contributed by atoms with Crippen molar-refractivity contribution >= 4 is 46.0 Å². The molecule has 5 rings (SSSR count). The molecule has 0 bridgehead atoms. The number of carbonyl (C=O) groups excluding carboxylic acids is 1. The number of benzene rings is 4. The number of nitrogens with one attached hydrogen (secondary N) is 1. The molecule has 0 saturated carbocycles. The Kier molecular flexibility index (Phi) is 6.30. The first-order valence-corrected chi connectivity index (χ1v) is 12.4. The maximum absolute atomic E-state index is 13.5. The van der Waals surface area contributed by atoms with E-state index in [2.05, 4.69) is 5.32 Å². The quantitative estimate of drug-likeness (QED) is 0.299. The lowest BCUT2D eigenvalue weighted by molar-refractivity contribution is -0.139. The van der Waals surface area contributed by atoms with Crippen molar-refractivity contribution in [3.05, 3.63) is 90.0 Å². The number of amides is 1. The summed E-state index contributed by atoms with van der Waals surface area (Å²) in [6.45, 7) is 8.00. The van der Waals surface area contributed by atoms with E-state index in [1.165, 1.54) is 0 Å². The molecule has 0 spiro atoms. The predicted molar refractivity (Wildman–Crippen MR) is 146 cm³/mol. The van der Waals surface area contributed by atoms with Gasteiger partial charge in [0.15, 0.2) is 0 Å². The molecule has 0 unspecified atom stereocenters. The van der Waals surface area contributed by atoms with E-state index in [0.29, 0.717) is 5.56 Å². The van der Waals surface area contributed by atoms with Gasteiger partial charge in [0.25, 0.3) is 5.91 Å². The van der Waals surface area contributed by atoms with E-state index in [4.69, 9.17) is 9.31 Å². The maximum Gasteiger partial charge on any atom is 0.494 e. The highest BCUT2D eigenvalue weighted by atomic mass is 16.7. The van der Waals surface area contributed by atoms with Crippen LogP contribution in [0.1, 0.15) is 43.6 Å². The third-order valence-electron chi connectivity index (χ3n) is 7.55. The molecule has 6 nitrogen and oxygen atoms in total. The van der Waals surface area contributed by atoms with Gasteiger partial charge in [-0.15, -0.1) is 0 Å². The Balaban J connectivity index is 1.38.